The van der Waals surface area contributed by atoms with Gasteiger partial charge in [-0.3, -0.25) is 9.78 Å². The quantitative estimate of drug-likeness (QED) is 0.578. The predicted octanol–water partition coefficient (Wildman–Crippen LogP) is 4.71. The van der Waals surface area contributed by atoms with E-state index in [0.29, 0.717) is 22.5 Å². The number of benzene rings is 1. The Morgan fingerprint density at radius 2 is 2.13 bits per heavy atom. The number of phenols is 1. The average Bonchev–Trinajstić information content (AvgIpc) is 3.17. The van der Waals surface area contributed by atoms with Gasteiger partial charge in [0, 0.05) is 41.9 Å². The molecule has 1 saturated carbocycles. The van der Waals surface area contributed by atoms with Crippen molar-refractivity contribution in [3.05, 3.63) is 64.7 Å². The molecule has 4 rings (SSSR count). The molecule has 0 unspecified atom stereocenters. The minimum absolute atomic E-state index is 0.126. The molecule has 0 spiro atoms. The molecular weight excluding hydrogens is 401 g/mol. The number of pyridine rings is 1. The molecule has 30 heavy (non-hydrogen) atoms. The number of aromatic hydroxyl groups is 1. The fourth-order valence-corrected chi connectivity index (χ4v) is 5.21. The lowest BCUT2D eigenvalue weighted by Crippen LogP contribution is -2.31. The van der Waals surface area contributed by atoms with E-state index in [4.69, 9.17) is 5.73 Å². The second kappa shape index (κ2) is 8.62. The maximum Gasteiger partial charge on any atom is 0.186 e. The molecule has 156 valence electrons. The van der Waals surface area contributed by atoms with Gasteiger partial charge < -0.3 is 10.8 Å². The maximum absolute atomic E-state index is 14.1. The summed E-state index contributed by atoms with van der Waals surface area (Å²) in [6, 6.07) is 6.08. The highest BCUT2D eigenvalue weighted by Crippen LogP contribution is 2.37. The van der Waals surface area contributed by atoms with E-state index >= 15 is 0 Å². The van der Waals surface area contributed by atoms with Gasteiger partial charge >= 0.3 is 0 Å². The van der Waals surface area contributed by atoms with Gasteiger partial charge in [-0.2, -0.15) is 0 Å². The molecule has 0 amide bonds. The Morgan fingerprint density at radius 1 is 1.30 bits per heavy atom. The van der Waals surface area contributed by atoms with Crippen LogP contribution in [0.25, 0.3) is 10.6 Å². The second-order valence-corrected chi connectivity index (χ2v) is 9.00. The molecule has 7 heteroatoms. The van der Waals surface area contributed by atoms with Crippen molar-refractivity contribution in [1.82, 2.24) is 9.97 Å². The number of carbonyl (C=O) groups is 1. The highest BCUT2D eigenvalue weighted by Gasteiger charge is 2.27. The average molecular weight is 426 g/mol. The molecule has 5 nitrogen and oxygen atoms in total. The zero-order chi connectivity index (χ0) is 21.3. The SMILES string of the molecule is C[C@@H]1C[C@H](N)C[C@H](c2ccncc2CC(=O)c2csc(-c3ccc(O)cc3F)n2)C1. The molecule has 1 aliphatic rings. The zero-order valence-electron chi connectivity index (χ0n) is 16.7. The third kappa shape index (κ3) is 4.42. The molecule has 1 fully saturated rings. The smallest absolute Gasteiger partial charge is 0.186 e. The Bertz CT molecular complexity index is 1060. The van der Waals surface area contributed by atoms with E-state index in [1.165, 1.54) is 23.5 Å². The summed E-state index contributed by atoms with van der Waals surface area (Å²) in [5, 5.41) is 11.4. The van der Waals surface area contributed by atoms with E-state index in [-0.39, 0.29) is 29.6 Å². The van der Waals surface area contributed by atoms with Crippen molar-refractivity contribution >= 4 is 17.1 Å². The Labute approximate surface area is 178 Å². The normalized spacial score (nSPS) is 21.5. The standard InChI is InChI=1S/C23H24FN3O2S/c1-13-6-14(8-16(25)7-13)18-4-5-26-11-15(18)9-22(29)21-12-30-23(27-21)19-3-2-17(28)10-20(19)24/h2-5,10-14,16,28H,6-9,25H2,1H3/t13-,14+,16-/m0/s1. The number of hydrogen-bond acceptors (Lipinski definition) is 6. The number of Topliss-reactive ketones (excluding diaryl/α,β-unsaturated/α-hetero) is 1. The van der Waals surface area contributed by atoms with E-state index in [0.717, 1.165) is 36.5 Å². The van der Waals surface area contributed by atoms with Gasteiger partial charge in [0.25, 0.3) is 0 Å². The van der Waals surface area contributed by atoms with E-state index in [9.17, 15) is 14.3 Å². The Morgan fingerprint density at radius 3 is 2.90 bits per heavy atom. The van der Waals surface area contributed by atoms with Gasteiger partial charge in [0.05, 0.1) is 0 Å². The van der Waals surface area contributed by atoms with Gasteiger partial charge in [0.2, 0.25) is 0 Å². The summed E-state index contributed by atoms with van der Waals surface area (Å²) in [7, 11) is 0. The minimum Gasteiger partial charge on any atom is -0.508 e. The van der Waals surface area contributed by atoms with Crippen LogP contribution in [0.4, 0.5) is 4.39 Å². The number of ketones is 1. The number of carbonyl (C=O) groups excluding carboxylic acids is 1. The van der Waals surface area contributed by atoms with Crippen LogP contribution in [0.1, 0.15) is 53.7 Å². The molecule has 3 N–H and O–H groups in total. The van der Waals surface area contributed by atoms with Crippen LogP contribution in [-0.4, -0.2) is 26.9 Å². The molecular formula is C23H24FN3O2S. The summed E-state index contributed by atoms with van der Waals surface area (Å²) in [6.45, 7) is 2.22. The van der Waals surface area contributed by atoms with Crippen molar-refractivity contribution < 1.29 is 14.3 Å². The molecule has 2 aromatic heterocycles. The van der Waals surface area contributed by atoms with Crippen LogP contribution in [0.2, 0.25) is 0 Å². The van der Waals surface area contributed by atoms with Gasteiger partial charge in [-0.1, -0.05) is 6.92 Å². The number of rotatable bonds is 5. The van der Waals surface area contributed by atoms with Crippen LogP contribution in [0.3, 0.4) is 0 Å². The minimum atomic E-state index is -0.569. The molecule has 0 saturated heterocycles. The van der Waals surface area contributed by atoms with Crippen molar-refractivity contribution in [2.24, 2.45) is 11.7 Å². The first-order valence-electron chi connectivity index (χ1n) is 10.1. The number of aromatic nitrogens is 2. The van der Waals surface area contributed by atoms with E-state index in [1.54, 1.807) is 17.8 Å². The summed E-state index contributed by atoms with van der Waals surface area (Å²) in [5.41, 5.74) is 8.86. The number of phenolic OH excluding ortho intramolecular Hbond substituents is 1. The van der Waals surface area contributed by atoms with Gasteiger partial charge in [0.1, 0.15) is 22.3 Å². The van der Waals surface area contributed by atoms with Crippen LogP contribution in [0, 0.1) is 11.7 Å². The third-order valence-electron chi connectivity index (χ3n) is 5.68. The van der Waals surface area contributed by atoms with E-state index in [1.807, 2.05) is 6.07 Å². The van der Waals surface area contributed by atoms with Crippen molar-refractivity contribution in [2.75, 3.05) is 0 Å². The monoisotopic (exact) mass is 425 g/mol. The van der Waals surface area contributed by atoms with E-state index in [2.05, 4.69) is 16.9 Å². The second-order valence-electron chi connectivity index (χ2n) is 8.15. The molecule has 0 aliphatic heterocycles. The van der Waals surface area contributed by atoms with Crippen molar-refractivity contribution in [3.8, 4) is 16.3 Å². The lowest BCUT2D eigenvalue weighted by atomic mass is 9.75. The summed E-state index contributed by atoms with van der Waals surface area (Å²) in [6.07, 6.45) is 6.72. The zero-order valence-corrected chi connectivity index (χ0v) is 17.5. The molecule has 3 atom stereocenters. The first-order valence-corrected chi connectivity index (χ1v) is 10.9. The first kappa shape index (κ1) is 20.6. The largest absolute Gasteiger partial charge is 0.508 e. The Hall–Kier alpha value is -2.64. The van der Waals surface area contributed by atoms with Crippen molar-refractivity contribution in [3.63, 3.8) is 0 Å². The molecule has 1 aliphatic carbocycles. The number of hydrogen-bond donors (Lipinski definition) is 2. The number of halogens is 1. The predicted molar refractivity (Wildman–Crippen MR) is 115 cm³/mol. The van der Waals surface area contributed by atoms with Gasteiger partial charge in [-0.25, -0.2) is 9.37 Å². The summed E-state index contributed by atoms with van der Waals surface area (Å²) in [4.78, 5) is 21.5. The van der Waals surface area contributed by atoms with Crippen molar-refractivity contribution in [1.29, 1.82) is 0 Å². The molecule has 2 heterocycles. The lowest BCUT2D eigenvalue weighted by molar-refractivity contribution is 0.0988. The number of thiazole rings is 1. The maximum atomic E-state index is 14.1. The molecule has 0 radical (unpaired) electrons. The first-order chi connectivity index (χ1) is 14.4. The topological polar surface area (TPSA) is 89.1 Å². The molecule has 0 bridgehead atoms. The highest BCUT2D eigenvalue weighted by atomic mass is 32.1. The van der Waals surface area contributed by atoms with E-state index < -0.39 is 5.82 Å². The van der Waals surface area contributed by atoms with Crippen LogP contribution < -0.4 is 5.73 Å². The van der Waals surface area contributed by atoms with Gasteiger partial charge in [-0.15, -0.1) is 11.3 Å². The van der Waals surface area contributed by atoms with Crippen LogP contribution >= 0.6 is 11.3 Å². The van der Waals surface area contributed by atoms with Crippen molar-refractivity contribution in [2.45, 2.75) is 44.6 Å². The molecule has 1 aromatic carbocycles. The van der Waals surface area contributed by atoms with Crippen LogP contribution in [-0.2, 0) is 6.42 Å². The van der Waals surface area contributed by atoms with Gasteiger partial charge in [0.15, 0.2) is 5.78 Å². The lowest BCUT2D eigenvalue weighted by Gasteiger charge is -2.32. The summed E-state index contributed by atoms with van der Waals surface area (Å²) >= 11 is 1.21. The highest BCUT2D eigenvalue weighted by molar-refractivity contribution is 7.13. The Balaban J connectivity index is 1.55. The third-order valence-corrected chi connectivity index (χ3v) is 6.56. The Kier molecular flexibility index (Phi) is 5.92. The number of nitrogens with zero attached hydrogens (tertiary/aromatic N) is 2. The fourth-order valence-electron chi connectivity index (χ4n) is 4.36. The van der Waals surface area contributed by atoms with Gasteiger partial charge in [-0.05, 0) is 60.4 Å². The summed E-state index contributed by atoms with van der Waals surface area (Å²) < 4.78 is 14.1. The fraction of sp³-hybridized carbons (Fsp3) is 0.348. The summed E-state index contributed by atoms with van der Waals surface area (Å²) in [5.74, 6) is 0.0353. The van der Waals surface area contributed by atoms with Crippen LogP contribution in [0.5, 0.6) is 5.75 Å². The molecule has 3 aromatic rings. The van der Waals surface area contributed by atoms with Crippen LogP contribution in [0.15, 0.2) is 42.0 Å². The number of nitrogens with two attached hydrogens (primary N) is 1.